The maximum atomic E-state index is 13.4. The summed E-state index contributed by atoms with van der Waals surface area (Å²) >= 11 is 0. The fourth-order valence-electron chi connectivity index (χ4n) is 6.65. The molecule has 1 saturated heterocycles. The minimum atomic E-state index is -1.33. The summed E-state index contributed by atoms with van der Waals surface area (Å²) in [5.41, 5.74) is 5.09. The van der Waals surface area contributed by atoms with Gasteiger partial charge in [-0.3, -0.25) is 14.4 Å². The highest BCUT2D eigenvalue weighted by Gasteiger charge is 2.37. The fraction of sp³-hybridized carbons (Fsp3) is 0.244. The van der Waals surface area contributed by atoms with Gasteiger partial charge in [0.2, 0.25) is 17.7 Å². The molecule has 0 spiro atoms. The highest BCUT2D eigenvalue weighted by Crippen LogP contribution is 2.30. The summed E-state index contributed by atoms with van der Waals surface area (Å²) < 4.78 is 6.18. The Kier molecular flexibility index (Phi) is 10.2. The summed E-state index contributed by atoms with van der Waals surface area (Å²) in [6, 6.07) is 30.8. The zero-order valence-electron chi connectivity index (χ0n) is 28.9. The summed E-state index contributed by atoms with van der Waals surface area (Å²) in [5.74, 6) is 0.902. The molecule has 6 aromatic rings. The van der Waals surface area contributed by atoms with Crippen molar-refractivity contribution in [1.82, 2.24) is 24.8 Å². The lowest BCUT2D eigenvalue weighted by Gasteiger charge is -2.26. The quantitative estimate of drug-likeness (QED) is 0.132. The number of imidazole rings is 1. The molecule has 0 saturated carbocycles. The van der Waals surface area contributed by atoms with Crippen molar-refractivity contribution in [2.75, 3.05) is 18.4 Å². The van der Waals surface area contributed by atoms with Crippen LogP contribution >= 0.6 is 0 Å². The number of fused-ring (bicyclic) bond motifs is 1. The molecular weight excluding hydrogens is 656 g/mol. The minimum absolute atomic E-state index is 0.0568. The summed E-state index contributed by atoms with van der Waals surface area (Å²) in [6.07, 6.45) is 2.69. The average Bonchev–Trinajstić information content (AvgIpc) is 3.95. The van der Waals surface area contributed by atoms with E-state index in [0.717, 1.165) is 28.6 Å². The van der Waals surface area contributed by atoms with E-state index < -0.39 is 18.1 Å². The monoisotopic (exact) mass is 696 g/mol. The van der Waals surface area contributed by atoms with Crippen molar-refractivity contribution in [3.8, 4) is 22.8 Å². The molecule has 2 aromatic heterocycles. The molecule has 7 rings (SSSR count). The first-order valence-electron chi connectivity index (χ1n) is 17.6. The van der Waals surface area contributed by atoms with Crippen LogP contribution in [0.5, 0.6) is 0 Å². The second-order valence-corrected chi connectivity index (χ2v) is 13.0. The van der Waals surface area contributed by atoms with Crippen LogP contribution in [0, 0.1) is 0 Å². The Morgan fingerprint density at radius 1 is 0.981 bits per heavy atom. The highest BCUT2D eigenvalue weighted by molar-refractivity contribution is 5.98. The molecule has 1 fully saturated rings. The van der Waals surface area contributed by atoms with Crippen LogP contribution < -0.4 is 5.32 Å². The van der Waals surface area contributed by atoms with Gasteiger partial charge in [-0.2, -0.15) is 0 Å². The van der Waals surface area contributed by atoms with Gasteiger partial charge in [0.05, 0.1) is 30.2 Å². The van der Waals surface area contributed by atoms with Gasteiger partial charge in [0.1, 0.15) is 11.9 Å². The Morgan fingerprint density at radius 3 is 2.56 bits per heavy atom. The summed E-state index contributed by atoms with van der Waals surface area (Å²) in [6.45, 7) is 3.47. The number of benzene rings is 4. The summed E-state index contributed by atoms with van der Waals surface area (Å²) in [7, 11) is 0. The number of carbonyl (C=O) groups is 3. The molecule has 3 N–H and O–H groups in total. The first kappa shape index (κ1) is 34.4. The van der Waals surface area contributed by atoms with Gasteiger partial charge in [-0.05, 0) is 66.8 Å². The Hall–Kier alpha value is -6.07. The van der Waals surface area contributed by atoms with Crippen LogP contribution in [-0.2, 0) is 27.3 Å². The maximum Gasteiger partial charge on any atom is 0.256 e. The lowest BCUT2D eigenvalue weighted by Crippen LogP contribution is -2.45. The molecule has 0 radical (unpaired) electrons. The van der Waals surface area contributed by atoms with Gasteiger partial charge in [0.25, 0.3) is 5.91 Å². The third kappa shape index (κ3) is 7.64. The number of nitrogens with one attached hydrogen (secondary N) is 2. The number of rotatable bonds is 12. The van der Waals surface area contributed by atoms with Crippen LogP contribution in [0.15, 0.2) is 114 Å². The largest absolute Gasteiger partial charge is 0.436 e. The van der Waals surface area contributed by atoms with Gasteiger partial charge in [-0.25, -0.2) is 9.97 Å². The highest BCUT2D eigenvalue weighted by atomic mass is 16.4. The molecule has 3 heterocycles. The molecule has 3 amide bonds. The number of likely N-dealkylation sites (tertiary alicyclic amines) is 1. The number of H-pyrrole nitrogens is 1. The number of aliphatic hydroxyl groups is 1. The third-order valence-corrected chi connectivity index (χ3v) is 9.27. The molecule has 0 aliphatic carbocycles. The molecule has 4 aromatic carbocycles. The van der Waals surface area contributed by atoms with Crippen molar-refractivity contribution in [2.45, 2.75) is 51.3 Å². The van der Waals surface area contributed by atoms with Crippen molar-refractivity contribution in [2.24, 2.45) is 0 Å². The number of amides is 3. The van der Waals surface area contributed by atoms with Crippen LogP contribution in [0.1, 0.15) is 49.2 Å². The van der Waals surface area contributed by atoms with E-state index in [0.29, 0.717) is 73.2 Å². The second kappa shape index (κ2) is 15.4. The van der Waals surface area contributed by atoms with Crippen molar-refractivity contribution in [1.29, 1.82) is 0 Å². The molecule has 0 unspecified atom stereocenters. The van der Waals surface area contributed by atoms with E-state index in [1.165, 1.54) is 4.90 Å². The molecule has 1 aliphatic heterocycles. The normalized spacial score (nSPS) is 14.7. The first-order valence-corrected chi connectivity index (χ1v) is 17.6. The zero-order valence-corrected chi connectivity index (χ0v) is 28.9. The van der Waals surface area contributed by atoms with E-state index in [1.807, 2.05) is 65.6 Å². The number of oxazole rings is 1. The number of anilines is 1. The van der Waals surface area contributed by atoms with Crippen molar-refractivity contribution in [3.05, 3.63) is 126 Å². The Balaban J connectivity index is 1.02. The Morgan fingerprint density at radius 2 is 1.77 bits per heavy atom. The number of aromatic nitrogens is 3. The molecule has 2 atom stereocenters. The molecule has 1 aliphatic rings. The van der Waals surface area contributed by atoms with Gasteiger partial charge in [0.15, 0.2) is 11.9 Å². The summed E-state index contributed by atoms with van der Waals surface area (Å²) in [5, 5.41) is 13.6. The maximum absolute atomic E-state index is 13.4. The molecule has 11 nitrogen and oxygen atoms in total. The van der Waals surface area contributed by atoms with Gasteiger partial charge in [0, 0.05) is 29.9 Å². The number of carbonyl (C=O) groups excluding carboxylic acids is 3. The van der Waals surface area contributed by atoms with E-state index in [-0.39, 0.29) is 11.8 Å². The van der Waals surface area contributed by atoms with E-state index in [1.54, 1.807) is 48.7 Å². The molecule has 0 bridgehead atoms. The standard InChI is InChI=1S/C41H40N6O5/c1-2-20-46(37(48)22-27-11-5-3-6-12-27)26-36-44-32-19-18-29(24-33(32)45-36)35-25-42-40(52-35)30-15-9-16-31(23-30)43-39(50)34-17-10-21-47(34)41(51)38(49)28-13-7-4-8-14-28/h3-9,11-16,18-19,23-25,34,38,49H,2,10,17,20-22,26H2,1H3,(H,43,50)(H,44,45)/t34-,38+/m0/s1. The third-order valence-electron chi connectivity index (χ3n) is 9.27. The number of aromatic amines is 1. The fourth-order valence-corrected chi connectivity index (χ4v) is 6.65. The lowest BCUT2D eigenvalue weighted by atomic mass is 10.1. The predicted octanol–water partition coefficient (Wildman–Crippen LogP) is 6.53. The predicted molar refractivity (Wildman–Crippen MR) is 198 cm³/mol. The number of nitrogens with zero attached hydrogens (tertiary/aromatic N) is 4. The topological polar surface area (TPSA) is 145 Å². The van der Waals surface area contributed by atoms with E-state index >= 15 is 0 Å². The Labute approximate surface area is 301 Å². The summed E-state index contributed by atoms with van der Waals surface area (Å²) in [4.78, 5) is 55.6. The van der Waals surface area contributed by atoms with Crippen LogP contribution in [0.25, 0.3) is 33.8 Å². The Bertz CT molecular complexity index is 2180. The number of aliphatic hydroxyl groups excluding tert-OH is 1. The SMILES string of the molecule is CCCN(Cc1nc2ccc(-c3cnc(-c4cccc(NC(=O)[C@@H]5CCCN5C(=O)[C@H](O)c5ccccc5)c4)o3)cc2[nH]1)C(=O)Cc1ccccc1. The molecule has 52 heavy (non-hydrogen) atoms. The first-order chi connectivity index (χ1) is 25.4. The lowest BCUT2D eigenvalue weighted by molar-refractivity contribution is -0.144. The zero-order chi connectivity index (χ0) is 36.0. The van der Waals surface area contributed by atoms with Gasteiger partial charge in [-0.1, -0.05) is 73.7 Å². The molecular formula is C41H40N6O5. The van der Waals surface area contributed by atoms with Gasteiger partial charge >= 0.3 is 0 Å². The van der Waals surface area contributed by atoms with Crippen molar-refractivity contribution >= 4 is 34.4 Å². The smallest absolute Gasteiger partial charge is 0.256 e. The minimum Gasteiger partial charge on any atom is -0.436 e. The van der Waals surface area contributed by atoms with Crippen LogP contribution in [0.4, 0.5) is 5.69 Å². The van der Waals surface area contributed by atoms with Gasteiger partial charge in [-0.15, -0.1) is 0 Å². The van der Waals surface area contributed by atoms with E-state index in [4.69, 9.17) is 9.40 Å². The van der Waals surface area contributed by atoms with Gasteiger partial charge < -0.3 is 29.6 Å². The number of hydrogen-bond acceptors (Lipinski definition) is 7. The average molecular weight is 697 g/mol. The van der Waals surface area contributed by atoms with Crippen LogP contribution in [-0.4, -0.2) is 66.7 Å². The number of hydrogen-bond donors (Lipinski definition) is 3. The van der Waals surface area contributed by atoms with E-state index in [2.05, 4.69) is 22.2 Å². The van der Waals surface area contributed by atoms with Crippen LogP contribution in [0.2, 0.25) is 0 Å². The van der Waals surface area contributed by atoms with E-state index in [9.17, 15) is 19.5 Å². The van der Waals surface area contributed by atoms with Crippen molar-refractivity contribution in [3.63, 3.8) is 0 Å². The second-order valence-electron chi connectivity index (χ2n) is 13.0. The van der Waals surface area contributed by atoms with Crippen LogP contribution in [0.3, 0.4) is 0 Å². The molecule has 264 valence electrons. The molecule has 11 heteroatoms. The van der Waals surface area contributed by atoms with Crippen molar-refractivity contribution < 1.29 is 23.9 Å².